The summed E-state index contributed by atoms with van der Waals surface area (Å²) in [6.07, 6.45) is 50.0. The number of allylic oxidation sites excluding steroid dienone is 4. The van der Waals surface area contributed by atoms with Gasteiger partial charge in [-0.25, -0.2) is 0 Å². The Morgan fingerprint density at radius 3 is 1.49 bits per heavy atom. The zero-order chi connectivity index (χ0) is 46.0. The SMILES string of the molecule is CCCCCCCC/C=C\CCCCCCCCOCC(C[N+](C)(C)CCNC(=O)[C@H](CCCNCCCN)NCCCN)OCCCCCCCC/C=C\CCCCCCCC. The fraction of sp³-hybridized carbons (Fsp3) is 0.907. The van der Waals surface area contributed by atoms with Crippen molar-refractivity contribution < 1.29 is 18.8 Å². The zero-order valence-electron chi connectivity index (χ0n) is 42.7. The molecule has 0 heterocycles. The average Bonchev–Trinajstić information content (AvgIpc) is 3.27. The van der Waals surface area contributed by atoms with Crippen LogP contribution in [0.2, 0.25) is 0 Å². The smallest absolute Gasteiger partial charge is 0.237 e. The molecule has 2 atom stereocenters. The van der Waals surface area contributed by atoms with E-state index in [2.05, 4.69) is 68.2 Å². The molecule has 0 fully saturated rings. The van der Waals surface area contributed by atoms with E-state index in [4.69, 9.17) is 20.9 Å². The number of unbranched alkanes of at least 4 members (excludes halogenated alkanes) is 24. The van der Waals surface area contributed by atoms with Crippen molar-refractivity contribution in [2.24, 2.45) is 11.5 Å². The number of nitrogens with zero attached hydrogens (tertiary/aromatic N) is 1. The van der Waals surface area contributed by atoms with Crippen LogP contribution in [0, 0.1) is 0 Å². The van der Waals surface area contributed by atoms with Gasteiger partial charge in [0.2, 0.25) is 5.91 Å². The quantitative estimate of drug-likeness (QED) is 0.0234. The van der Waals surface area contributed by atoms with E-state index in [1.165, 1.54) is 167 Å². The van der Waals surface area contributed by atoms with Crippen LogP contribution >= 0.6 is 0 Å². The molecule has 0 aliphatic rings. The molecular formula is C54H111N6O3+. The molecule has 0 aliphatic carbocycles. The molecule has 0 aromatic rings. The average molecular weight is 893 g/mol. The summed E-state index contributed by atoms with van der Waals surface area (Å²) < 4.78 is 13.6. The molecule has 7 N–H and O–H groups in total. The number of hydrogen-bond acceptors (Lipinski definition) is 7. The van der Waals surface area contributed by atoms with Gasteiger partial charge in [-0.1, -0.05) is 154 Å². The van der Waals surface area contributed by atoms with Gasteiger partial charge in [-0.2, -0.15) is 0 Å². The topological polar surface area (TPSA) is 124 Å². The summed E-state index contributed by atoms with van der Waals surface area (Å²) in [4.78, 5) is 13.3. The van der Waals surface area contributed by atoms with Gasteiger partial charge in [-0.05, 0) is 123 Å². The van der Waals surface area contributed by atoms with Gasteiger partial charge in [0.15, 0.2) is 0 Å². The van der Waals surface area contributed by atoms with E-state index in [1.54, 1.807) is 0 Å². The predicted octanol–water partition coefficient (Wildman–Crippen LogP) is 11.7. The van der Waals surface area contributed by atoms with Crippen molar-refractivity contribution in [2.75, 3.05) is 86.3 Å². The van der Waals surface area contributed by atoms with E-state index < -0.39 is 0 Å². The van der Waals surface area contributed by atoms with Gasteiger partial charge in [0.25, 0.3) is 0 Å². The van der Waals surface area contributed by atoms with Crippen molar-refractivity contribution in [2.45, 2.75) is 231 Å². The maximum atomic E-state index is 13.3. The third-order valence-corrected chi connectivity index (χ3v) is 12.3. The summed E-state index contributed by atoms with van der Waals surface area (Å²) in [7, 11) is 4.50. The number of carbonyl (C=O) groups is 1. The van der Waals surface area contributed by atoms with Crippen molar-refractivity contribution in [3.8, 4) is 0 Å². The maximum absolute atomic E-state index is 13.3. The first-order valence-electron chi connectivity index (χ1n) is 27.3. The second-order valence-electron chi connectivity index (χ2n) is 19.3. The molecule has 1 amide bonds. The van der Waals surface area contributed by atoms with Crippen LogP contribution in [0.3, 0.4) is 0 Å². The minimum atomic E-state index is -0.203. The number of quaternary nitrogens is 1. The first kappa shape index (κ1) is 61.7. The normalized spacial score (nSPS) is 13.2. The second kappa shape index (κ2) is 50.1. The van der Waals surface area contributed by atoms with Crippen molar-refractivity contribution in [3.05, 3.63) is 24.3 Å². The minimum Gasteiger partial charge on any atom is -0.379 e. The second-order valence-corrected chi connectivity index (χ2v) is 19.3. The lowest BCUT2D eigenvalue weighted by atomic mass is 10.1. The van der Waals surface area contributed by atoms with Crippen LogP contribution in [-0.2, 0) is 14.3 Å². The number of nitrogens with two attached hydrogens (primary N) is 2. The van der Waals surface area contributed by atoms with Crippen LogP contribution in [0.1, 0.15) is 219 Å². The van der Waals surface area contributed by atoms with E-state index in [9.17, 15) is 4.79 Å². The lowest BCUT2D eigenvalue weighted by Gasteiger charge is -2.33. The molecule has 0 spiro atoms. The number of ether oxygens (including phenoxy) is 2. The van der Waals surface area contributed by atoms with E-state index in [1.807, 2.05) is 0 Å². The Kier molecular flexibility index (Phi) is 49.0. The predicted molar refractivity (Wildman–Crippen MR) is 276 cm³/mol. The molecule has 0 aromatic carbocycles. The summed E-state index contributed by atoms with van der Waals surface area (Å²) >= 11 is 0. The van der Waals surface area contributed by atoms with Crippen LogP contribution in [0.15, 0.2) is 24.3 Å². The third-order valence-electron chi connectivity index (χ3n) is 12.3. The molecule has 0 aromatic heterocycles. The maximum Gasteiger partial charge on any atom is 0.237 e. The van der Waals surface area contributed by atoms with Gasteiger partial charge in [0, 0.05) is 13.2 Å². The largest absolute Gasteiger partial charge is 0.379 e. The van der Waals surface area contributed by atoms with Crippen LogP contribution in [0.25, 0.3) is 0 Å². The number of nitrogens with one attached hydrogen (secondary N) is 3. The molecule has 0 aliphatic heterocycles. The Hall–Kier alpha value is -1.33. The van der Waals surface area contributed by atoms with Gasteiger partial charge in [0.05, 0.1) is 39.8 Å². The van der Waals surface area contributed by atoms with Crippen LogP contribution in [0.4, 0.5) is 0 Å². The summed E-state index contributed by atoms with van der Waals surface area (Å²) in [6, 6.07) is -0.203. The molecule has 0 saturated carbocycles. The molecule has 63 heavy (non-hydrogen) atoms. The fourth-order valence-corrected chi connectivity index (χ4v) is 8.15. The molecule has 0 saturated heterocycles. The highest BCUT2D eigenvalue weighted by atomic mass is 16.5. The highest BCUT2D eigenvalue weighted by Gasteiger charge is 2.24. The summed E-state index contributed by atoms with van der Waals surface area (Å²) in [5, 5.41) is 10.1. The fourth-order valence-electron chi connectivity index (χ4n) is 8.15. The number of amides is 1. The Bertz CT molecular complexity index is 979. The molecule has 9 heteroatoms. The number of likely N-dealkylation sites (N-methyl/N-ethyl adjacent to an activating group) is 1. The lowest BCUT2D eigenvalue weighted by Crippen LogP contribution is -2.52. The molecule has 1 unspecified atom stereocenters. The van der Waals surface area contributed by atoms with Crippen molar-refractivity contribution in [3.63, 3.8) is 0 Å². The Morgan fingerprint density at radius 1 is 0.540 bits per heavy atom. The standard InChI is InChI=1S/C54H110N6O3/c1-5-7-9-11-13-15-17-19-21-23-25-27-29-31-33-35-48-62-51-52(63-49-36-34-32-30-28-26-24-22-20-18-16-14-12-10-8-6-2)50-60(3,4)47-46-59-54(61)53(58-45-39-42-56)40-37-43-57-44-38-41-55/h19-22,52-53,57-58H,5-18,23-51,55-56H2,1-4H3/p+1/b21-19-,22-20-/t52?,53-/m0/s1. The lowest BCUT2D eigenvalue weighted by molar-refractivity contribution is -0.892. The monoisotopic (exact) mass is 892 g/mol. The Balaban J connectivity index is 4.64. The first-order chi connectivity index (χ1) is 30.9. The van der Waals surface area contributed by atoms with Crippen molar-refractivity contribution in [1.29, 1.82) is 0 Å². The van der Waals surface area contributed by atoms with Gasteiger partial charge in [-0.3, -0.25) is 4.79 Å². The highest BCUT2D eigenvalue weighted by Crippen LogP contribution is 2.13. The summed E-state index contributed by atoms with van der Waals surface area (Å²) in [5.41, 5.74) is 11.4. The highest BCUT2D eigenvalue weighted by molar-refractivity contribution is 5.81. The molecule has 0 rings (SSSR count). The van der Waals surface area contributed by atoms with Gasteiger partial charge >= 0.3 is 0 Å². The van der Waals surface area contributed by atoms with E-state index in [-0.39, 0.29) is 18.1 Å². The van der Waals surface area contributed by atoms with E-state index >= 15 is 0 Å². The van der Waals surface area contributed by atoms with Gasteiger partial charge in [-0.15, -0.1) is 0 Å². The Morgan fingerprint density at radius 2 is 0.984 bits per heavy atom. The molecule has 0 radical (unpaired) electrons. The van der Waals surface area contributed by atoms with Crippen molar-refractivity contribution in [1.82, 2.24) is 16.0 Å². The Labute approximate surface area is 392 Å². The minimum absolute atomic E-state index is 0.0467. The molecule has 0 bridgehead atoms. The van der Waals surface area contributed by atoms with Crippen LogP contribution in [0.5, 0.6) is 0 Å². The summed E-state index contributed by atoms with van der Waals surface area (Å²) in [6.45, 7) is 13.0. The number of hydrogen-bond donors (Lipinski definition) is 5. The van der Waals surface area contributed by atoms with Crippen LogP contribution in [-0.4, -0.2) is 109 Å². The molecule has 374 valence electrons. The van der Waals surface area contributed by atoms with E-state index in [0.29, 0.717) is 26.2 Å². The van der Waals surface area contributed by atoms with Crippen LogP contribution < -0.4 is 27.4 Å². The first-order valence-corrected chi connectivity index (χ1v) is 27.3. The number of carbonyl (C=O) groups excluding carboxylic acids is 1. The summed E-state index contributed by atoms with van der Waals surface area (Å²) in [5.74, 6) is 0.0840. The number of rotatable bonds is 52. The van der Waals surface area contributed by atoms with E-state index in [0.717, 1.165) is 88.9 Å². The molecule has 9 nitrogen and oxygen atoms in total. The third kappa shape index (κ3) is 47.0. The zero-order valence-corrected chi connectivity index (χ0v) is 42.7. The van der Waals surface area contributed by atoms with Gasteiger partial charge < -0.3 is 41.4 Å². The van der Waals surface area contributed by atoms with Crippen molar-refractivity contribution >= 4 is 5.91 Å². The molecular weight excluding hydrogens is 781 g/mol. The van der Waals surface area contributed by atoms with Gasteiger partial charge in [0.1, 0.15) is 12.6 Å².